The number of likely N-dealkylation sites (N-methyl/N-ethyl adjacent to an activating group) is 1. The fourth-order valence-electron chi connectivity index (χ4n) is 3.01. The first-order valence-electron chi connectivity index (χ1n) is 9.25. The third kappa shape index (κ3) is 5.32. The Balaban J connectivity index is 1.46. The summed E-state index contributed by atoms with van der Waals surface area (Å²) in [6, 6.07) is 9.61. The molecule has 0 spiro atoms. The van der Waals surface area contributed by atoms with Gasteiger partial charge in [-0.15, -0.1) is 0 Å². The standard InChI is InChI=1S/C19H22N4O6/c1-2-21-9-11-22(12-10-21)15-5-3-14(4-6-15)20-17(24)13-28-19(25)16-7-8-18(29-16)23(26)27/h3-8H,2,9-13H2,1H3,(H,20,24). The van der Waals surface area contributed by atoms with Gasteiger partial charge in [0.05, 0.1) is 6.07 Å². The summed E-state index contributed by atoms with van der Waals surface area (Å²) in [5.74, 6) is -2.38. The molecule has 0 atom stereocenters. The van der Waals surface area contributed by atoms with Crippen molar-refractivity contribution < 1.29 is 23.7 Å². The first kappa shape index (κ1) is 20.3. The van der Waals surface area contributed by atoms with E-state index in [2.05, 4.69) is 22.0 Å². The minimum atomic E-state index is -0.949. The molecule has 2 heterocycles. The van der Waals surface area contributed by atoms with Crippen molar-refractivity contribution in [3.8, 4) is 0 Å². The van der Waals surface area contributed by atoms with Crippen LogP contribution in [0.3, 0.4) is 0 Å². The largest absolute Gasteiger partial charge is 0.450 e. The smallest absolute Gasteiger partial charge is 0.433 e. The number of hydrogen-bond donors (Lipinski definition) is 1. The number of hydrogen-bond acceptors (Lipinski definition) is 8. The number of nitro groups is 1. The summed E-state index contributed by atoms with van der Waals surface area (Å²) in [4.78, 5) is 38.2. The fourth-order valence-corrected chi connectivity index (χ4v) is 3.01. The SMILES string of the molecule is CCN1CCN(c2ccc(NC(=O)COC(=O)c3ccc([N+](=O)[O-])o3)cc2)CC1. The van der Waals surface area contributed by atoms with Crippen LogP contribution in [0, 0.1) is 10.1 Å². The molecule has 1 aromatic heterocycles. The maximum absolute atomic E-state index is 12.0. The zero-order valence-corrected chi connectivity index (χ0v) is 16.0. The molecule has 0 radical (unpaired) electrons. The second-order valence-electron chi connectivity index (χ2n) is 6.49. The van der Waals surface area contributed by atoms with Gasteiger partial charge in [0.1, 0.15) is 4.92 Å². The lowest BCUT2D eigenvalue weighted by atomic mass is 10.2. The number of rotatable bonds is 7. The Bertz CT molecular complexity index is 871. The normalized spacial score (nSPS) is 14.4. The molecule has 0 aliphatic carbocycles. The van der Waals surface area contributed by atoms with Crippen LogP contribution in [0.1, 0.15) is 17.5 Å². The van der Waals surface area contributed by atoms with Crippen LogP contribution in [0.5, 0.6) is 0 Å². The molecule has 0 saturated carbocycles. The molecule has 1 N–H and O–H groups in total. The van der Waals surface area contributed by atoms with E-state index < -0.39 is 29.3 Å². The summed E-state index contributed by atoms with van der Waals surface area (Å²) in [6.45, 7) is 6.65. The van der Waals surface area contributed by atoms with Crippen molar-refractivity contribution in [3.05, 3.63) is 52.3 Å². The summed E-state index contributed by atoms with van der Waals surface area (Å²) >= 11 is 0. The number of anilines is 2. The lowest BCUT2D eigenvalue weighted by molar-refractivity contribution is -0.402. The van der Waals surface area contributed by atoms with Gasteiger partial charge < -0.3 is 24.3 Å². The summed E-state index contributed by atoms with van der Waals surface area (Å²) in [6.07, 6.45) is 0. The van der Waals surface area contributed by atoms with Crippen molar-refractivity contribution in [3.63, 3.8) is 0 Å². The molecule has 154 valence electrons. The highest BCUT2D eigenvalue weighted by Gasteiger charge is 2.19. The van der Waals surface area contributed by atoms with Crippen molar-refractivity contribution in [2.75, 3.05) is 49.5 Å². The summed E-state index contributed by atoms with van der Waals surface area (Å²) in [5, 5.41) is 13.2. The van der Waals surface area contributed by atoms with Crippen molar-refractivity contribution in [2.24, 2.45) is 0 Å². The van der Waals surface area contributed by atoms with Crippen LogP contribution in [0.4, 0.5) is 17.3 Å². The van der Waals surface area contributed by atoms with Crippen LogP contribution in [0.25, 0.3) is 0 Å². The minimum Gasteiger partial charge on any atom is -0.450 e. The number of amides is 1. The molecule has 1 aromatic carbocycles. The van der Waals surface area contributed by atoms with Gasteiger partial charge in [-0.2, -0.15) is 0 Å². The molecular weight excluding hydrogens is 380 g/mol. The average Bonchev–Trinajstić information content (AvgIpc) is 3.23. The van der Waals surface area contributed by atoms with Gasteiger partial charge >= 0.3 is 11.9 Å². The Hall–Kier alpha value is -3.40. The second kappa shape index (κ2) is 9.20. The quantitative estimate of drug-likeness (QED) is 0.425. The number of carbonyl (C=O) groups is 2. The van der Waals surface area contributed by atoms with Gasteiger partial charge in [0.25, 0.3) is 5.91 Å². The number of ether oxygens (including phenoxy) is 1. The van der Waals surface area contributed by atoms with E-state index in [9.17, 15) is 19.7 Å². The zero-order chi connectivity index (χ0) is 20.8. The Morgan fingerprint density at radius 1 is 1.14 bits per heavy atom. The topological polar surface area (TPSA) is 118 Å². The summed E-state index contributed by atoms with van der Waals surface area (Å²) in [5.41, 5.74) is 1.67. The first-order valence-corrected chi connectivity index (χ1v) is 9.25. The van der Waals surface area contributed by atoms with E-state index in [0.29, 0.717) is 5.69 Å². The number of furan rings is 1. The molecule has 0 unspecified atom stereocenters. The molecule has 1 aliphatic heterocycles. The van der Waals surface area contributed by atoms with E-state index in [1.54, 1.807) is 12.1 Å². The summed E-state index contributed by atoms with van der Waals surface area (Å²) in [7, 11) is 0. The second-order valence-corrected chi connectivity index (χ2v) is 6.49. The van der Waals surface area contributed by atoms with Crippen molar-refractivity contribution in [2.45, 2.75) is 6.92 Å². The summed E-state index contributed by atoms with van der Waals surface area (Å²) < 4.78 is 9.54. The molecule has 29 heavy (non-hydrogen) atoms. The zero-order valence-electron chi connectivity index (χ0n) is 16.0. The molecule has 1 aliphatic rings. The van der Waals surface area contributed by atoms with Gasteiger partial charge in [-0.25, -0.2) is 4.79 Å². The minimum absolute atomic E-state index is 0.336. The molecule has 10 nitrogen and oxygen atoms in total. The highest BCUT2D eigenvalue weighted by atomic mass is 16.7. The van der Waals surface area contributed by atoms with Crippen LogP contribution in [0.15, 0.2) is 40.8 Å². The molecule has 1 saturated heterocycles. The van der Waals surface area contributed by atoms with Crippen LogP contribution in [-0.4, -0.2) is 61.0 Å². The molecule has 1 fully saturated rings. The van der Waals surface area contributed by atoms with Gasteiger partial charge in [-0.3, -0.25) is 14.9 Å². The van der Waals surface area contributed by atoms with E-state index in [0.717, 1.165) is 50.5 Å². The van der Waals surface area contributed by atoms with Crippen molar-refractivity contribution >= 4 is 29.1 Å². The lowest BCUT2D eigenvalue weighted by Crippen LogP contribution is -2.46. The fraction of sp³-hybridized carbons (Fsp3) is 0.368. The third-order valence-electron chi connectivity index (χ3n) is 4.64. The van der Waals surface area contributed by atoms with Crippen LogP contribution in [-0.2, 0) is 9.53 Å². The Kier molecular flexibility index (Phi) is 6.45. The van der Waals surface area contributed by atoms with E-state index in [4.69, 9.17) is 9.15 Å². The van der Waals surface area contributed by atoms with Gasteiger partial charge in [0.2, 0.25) is 5.76 Å². The van der Waals surface area contributed by atoms with E-state index >= 15 is 0 Å². The lowest BCUT2D eigenvalue weighted by Gasteiger charge is -2.35. The molecule has 1 amide bonds. The Morgan fingerprint density at radius 2 is 1.83 bits per heavy atom. The van der Waals surface area contributed by atoms with Gasteiger partial charge in [-0.1, -0.05) is 6.92 Å². The highest BCUT2D eigenvalue weighted by molar-refractivity contribution is 5.94. The molecule has 3 rings (SSSR count). The number of benzene rings is 1. The Labute approximate surface area is 167 Å². The molecular formula is C19H22N4O6. The predicted molar refractivity (Wildman–Crippen MR) is 105 cm³/mol. The first-order chi connectivity index (χ1) is 14.0. The van der Waals surface area contributed by atoms with Crippen LogP contribution in [0.2, 0.25) is 0 Å². The number of esters is 1. The highest BCUT2D eigenvalue weighted by Crippen LogP contribution is 2.20. The molecule has 0 bridgehead atoms. The van der Waals surface area contributed by atoms with E-state index in [1.807, 2.05) is 12.1 Å². The van der Waals surface area contributed by atoms with Gasteiger partial charge in [0.15, 0.2) is 6.61 Å². The average molecular weight is 402 g/mol. The van der Waals surface area contributed by atoms with Crippen molar-refractivity contribution in [1.29, 1.82) is 0 Å². The monoisotopic (exact) mass is 402 g/mol. The van der Waals surface area contributed by atoms with E-state index in [-0.39, 0.29) is 5.76 Å². The Morgan fingerprint density at radius 3 is 2.41 bits per heavy atom. The third-order valence-corrected chi connectivity index (χ3v) is 4.64. The predicted octanol–water partition coefficient (Wildman–Crippen LogP) is 2.13. The van der Waals surface area contributed by atoms with Crippen LogP contribution < -0.4 is 10.2 Å². The molecule has 10 heteroatoms. The number of nitrogens with one attached hydrogen (secondary N) is 1. The van der Waals surface area contributed by atoms with Crippen LogP contribution >= 0.6 is 0 Å². The van der Waals surface area contributed by atoms with Gasteiger partial charge in [0, 0.05) is 37.6 Å². The number of nitrogens with zero attached hydrogens (tertiary/aromatic N) is 3. The number of piperazine rings is 1. The molecule has 2 aromatic rings. The maximum Gasteiger partial charge on any atom is 0.433 e. The van der Waals surface area contributed by atoms with Crippen molar-refractivity contribution in [1.82, 2.24) is 4.90 Å². The maximum atomic E-state index is 12.0. The number of carbonyl (C=O) groups excluding carboxylic acids is 2. The van der Waals surface area contributed by atoms with E-state index in [1.165, 1.54) is 0 Å². The van der Waals surface area contributed by atoms with Gasteiger partial charge in [-0.05, 0) is 36.9 Å².